The molecule has 0 atom stereocenters. The zero-order valence-corrected chi connectivity index (χ0v) is 13.9. The number of benzene rings is 1. The normalized spacial score (nSPS) is 12.2. The van der Waals surface area contributed by atoms with E-state index in [0.29, 0.717) is 11.3 Å². The maximum atomic E-state index is 12.0. The number of nitrogen functional groups attached to an aromatic ring is 1. The summed E-state index contributed by atoms with van der Waals surface area (Å²) in [6, 6.07) is 4.95. The largest absolute Gasteiger partial charge is 0.398 e. The van der Waals surface area contributed by atoms with E-state index in [2.05, 4.69) is 26.0 Å². The molecule has 0 bridgehead atoms. The zero-order chi connectivity index (χ0) is 15.6. The zero-order valence-electron chi connectivity index (χ0n) is 11.5. The Balaban J connectivity index is 2.72. The molecular formula is C12H18BrN3O3S. The lowest BCUT2D eigenvalue weighted by molar-refractivity contribution is 0.0945. The minimum absolute atomic E-state index is 0.147. The molecule has 1 amide bonds. The van der Waals surface area contributed by atoms with E-state index in [9.17, 15) is 13.2 Å². The van der Waals surface area contributed by atoms with Crippen LogP contribution in [0.4, 0.5) is 5.69 Å². The first-order chi connectivity index (χ1) is 9.00. The Hall–Kier alpha value is -1.12. The molecule has 1 rings (SSSR count). The minimum Gasteiger partial charge on any atom is -0.398 e. The van der Waals surface area contributed by atoms with Gasteiger partial charge in [-0.05, 0) is 32.0 Å². The molecule has 4 N–H and O–H groups in total. The minimum atomic E-state index is -3.34. The average molecular weight is 364 g/mol. The first-order valence-corrected chi connectivity index (χ1v) is 8.51. The van der Waals surface area contributed by atoms with Crippen LogP contribution in [0.25, 0.3) is 0 Å². The SMILES string of the molecule is CC(C)(CNC(=O)c1ccc(Br)cc1N)NS(C)(=O)=O. The third-order valence-corrected chi connectivity index (χ3v) is 3.83. The Morgan fingerprint density at radius 3 is 2.50 bits per heavy atom. The number of nitrogens with one attached hydrogen (secondary N) is 2. The lowest BCUT2D eigenvalue weighted by Gasteiger charge is -2.25. The number of halogens is 1. The number of nitrogens with two attached hydrogens (primary N) is 1. The molecule has 1 aromatic rings. The van der Waals surface area contributed by atoms with E-state index in [0.717, 1.165) is 10.7 Å². The van der Waals surface area contributed by atoms with Crippen LogP contribution in [0.1, 0.15) is 24.2 Å². The lowest BCUT2D eigenvalue weighted by atomic mass is 10.1. The molecule has 0 aliphatic carbocycles. The monoisotopic (exact) mass is 363 g/mol. The summed E-state index contributed by atoms with van der Waals surface area (Å²) < 4.78 is 25.6. The van der Waals surface area contributed by atoms with E-state index in [1.807, 2.05) is 0 Å². The van der Waals surface area contributed by atoms with Gasteiger partial charge in [0.05, 0.1) is 11.8 Å². The summed E-state index contributed by atoms with van der Waals surface area (Å²) in [6.45, 7) is 3.51. The molecule has 8 heteroatoms. The van der Waals surface area contributed by atoms with E-state index >= 15 is 0 Å². The van der Waals surface area contributed by atoms with Gasteiger partial charge in [0.25, 0.3) is 5.91 Å². The van der Waals surface area contributed by atoms with Crippen molar-refractivity contribution in [2.75, 3.05) is 18.5 Å². The van der Waals surface area contributed by atoms with Gasteiger partial charge >= 0.3 is 0 Å². The number of sulfonamides is 1. The van der Waals surface area contributed by atoms with Crippen molar-refractivity contribution in [1.82, 2.24) is 10.0 Å². The number of amides is 1. The molecule has 6 nitrogen and oxygen atoms in total. The van der Waals surface area contributed by atoms with Crippen LogP contribution in [0.2, 0.25) is 0 Å². The topological polar surface area (TPSA) is 101 Å². The van der Waals surface area contributed by atoms with Gasteiger partial charge in [0.2, 0.25) is 10.0 Å². The van der Waals surface area contributed by atoms with E-state index in [1.54, 1.807) is 32.0 Å². The van der Waals surface area contributed by atoms with E-state index in [-0.39, 0.29) is 12.5 Å². The summed E-state index contributed by atoms with van der Waals surface area (Å²) in [4.78, 5) is 12.0. The van der Waals surface area contributed by atoms with Crippen LogP contribution < -0.4 is 15.8 Å². The van der Waals surface area contributed by atoms with E-state index in [1.165, 1.54) is 0 Å². The first kappa shape index (κ1) is 16.9. The van der Waals surface area contributed by atoms with Crippen molar-refractivity contribution < 1.29 is 13.2 Å². The van der Waals surface area contributed by atoms with Crippen LogP contribution in [0.15, 0.2) is 22.7 Å². The molecular weight excluding hydrogens is 346 g/mol. The Kier molecular flexibility index (Phi) is 5.17. The van der Waals surface area contributed by atoms with Crippen molar-refractivity contribution in [1.29, 1.82) is 0 Å². The van der Waals surface area contributed by atoms with Crippen molar-refractivity contribution in [3.8, 4) is 0 Å². The second-order valence-electron chi connectivity index (χ2n) is 5.17. The highest BCUT2D eigenvalue weighted by Gasteiger charge is 2.23. The number of rotatable bonds is 5. The van der Waals surface area contributed by atoms with E-state index < -0.39 is 15.6 Å². The summed E-state index contributed by atoms with van der Waals surface area (Å²) in [5.74, 6) is -0.349. The van der Waals surface area contributed by atoms with Crippen LogP contribution in [0.3, 0.4) is 0 Å². The molecule has 0 radical (unpaired) electrons. The fraction of sp³-hybridized carbons (Fsp3) is 0.417. The molecule has 112 valence electrons. The van der Waals surface area contributed by atoms with Gasteiger partial charge < -0.3 is 11.1 Å². The van der Waals surface area contributed by atoms with Crippen molar-refractivity contribution >= 4 is 37.5 Å². The molecule has 0 unspecified atom stereocenters. The first-order valence-electron chi connectivity index (χ1n) is 5.82. The maximum Gasteiger partial charge on any atom is 0.253 e. The van der Waals surface area contributed by atoms with Gasteiger partial charge in [0.1, 0.15) is 0 Å². The van der Waals surface area contributed by atoms with Gasteiger partial charge in [-0.1, -0.05) is 15.9 Å². The number of carbonyl (C=O) groups is 1. The predicted molar refractivity (Wildman–Crippen MR) is 82.9 cm³/mol. The molecule has 0 aliphatic rings. The molecule has 0 spiro atoms. The second-order valence-corrected chi connectivity index (χ2v) is 7.84. The smallest absolute Gasteiger partial charge is 0.253 e. The van der Waals surface area contributed by atoms with Crippen LogP contribution in [-0.2, 0) is 10.0 Å². The quantitative estimate of drug-likeness (QED) is 0.681. The van der Waals surface area contributed by atoms with Crippen LogP contribution in [-0.4, -0.2) is 32.7 Å². The van der Waals surface area contributed by atoms with Crippen LogP contribution in [0.5, 0.6) is 0 Å². The lowest BCUT2D eigenvalue weighted by Crippen LogP contribution is -2.51. The number of hydrogen-bond acceptors (Lipinski definition) is 4. The number of hydrogen-bond donors (Lipinski definition) is 3. The van der Waals surface area contributed by atoms with Crippen molar-refractivity contribution in [2.24, 2.45) is 0 Å². The predicted octanol–water partition coefficient (Wildman–Crippen LogP) is 1.09. The van der Waals surface area contributed by atoms with Gasteiger partial charge in [-0.15, -0.1) is 0 Å². The summed E-state index contributed by atoms with van der Waals surface area (Å²) in [5.41, 5.74) is 5.68. The molecule has 1 aromatic carbocycles. The molecule has 0 saturated carbocycles. The molecule has 0 aromatic heterocycles. The van der Waals surface area contributed by atoms with Gasteiger partial charge in [-0.25, -0.2) is 13.1 Å². The highest BCUT2D eigenvalue weighted by molar-refractivity contribution is 9.10. The van der Waals surface area contributed by atoms with Gasteiger partial charge in [0, 0.05) is 22.2 Å². The average Bonchev–Trinajstić information content (AvgIpc) is 2.22. The highest BCUT2D eigenvalue weighted by Crippen LogP contribution is 2.18. The third kappa shape index (κ3) is 5.48. The molecule has 0 heterocycles. The molecule has 0 saturated heterocycles. The third-order valence-electron chi connectivity index (χ3n) is 2.41. The Labute approximate surface area is 127 Å². The Morgan fingerprint density at radius 2 is 2.00 bits per heavy atom. The van der Waals surface area contributed by atoms with Gasteiger partial charge in [-0.2, -0.15) is 0 Å². The van der Waals surface area contributed by atoms with Crippen LogP contribution >= 0.6 is 15.9 Å². The Bertz CT molecular complexity index is 614. The van der Waals surface area contributed by atoms with Crippen molar-refractivity contribution in [3.63, 3.8) is 0 Å². The molecule has 0 aliphatic heterocycles. The standard InChI is InChI=1S/C12H18BrN3O3S/c1-12(2,16-20(3,18)19)7-15-11(17)9-5-4-8(13)6-10(9)14/h4-6,16H,7,14H2,1-3H3,(H,15,17). The summed E-state index contributed by atoms with van der Waals surface area (Å²) >= 11 is 3.26. The summed E-state index contributed by atoms with van der Waals surface area (Å²) in [5, 5.41) is 2.66. The van der Waals surface area contributed by atoms with Gasteiger partial charge in [0.15, 0.2) is 0 Å². The highest BCUT2D eigenvalue weighted by atomic mass is 79.9. The van der Waals surface area contributed by atoms with Crippen molar-refractivity contribution in [3.05, 3.63) is 28.2 Å². The maximum absolute atomic E-state index is 12.0. The van der Waals surface area contributed by atoms with Gasteiger partial charge in [-0.3, -0.25) is 4.79 Å². The second kappa shape index (κ2) is 6.11. The Morgan fingerprint density at radius 1 is 1.40 bits per heavy atom. The molecule has 0 fully saturated rings. The number of carbonyl (C=O) groups excluding carboxylic acids is 1. The van der Waals surface area contributed by atoms with Crippen molar-refractivity contribution in [2.45, 2.75) is 19.4 Å². The van der Waals surface area contributed by atoms with E-state index in [4.69, 9.17) is 5.73 Å². The van der Waals surface area contributed by atoms with Crippen LogP contribution in [0, 0.1) is 0 Å². The fourth-order valence-electron chi connectivity index (χ4n) is 1.67. The number of anilines is 1. The molecule has 20 heavy (non-hydrogen) atoms. The summed E-state index contributed by atoms with van der Waals surface area (Å²) in [6.07, 6.45) is 1.07. The summed E-state index contributed by atoms with van der Waals surface area (Å²) in [7, 11) is -3.34. The fourth-order valence-corrected chi connectivity index (χ4v) is 3.13.